The third-order valence-corrected chi connectivity index (χ3v) is 6.50. The molecule has 5 heteroatoms. The van der Waals surface area contributed by atoms with Crippen LogP contribution >= 0.6 is 0 Å². The molecule has 0 N–H and O–H groups in total. The Morgan fingerprint density at radius 3 is 2.46 bits per heavy atom. The lowest BCUT2D eigenvalue weighted by atomic mass is 9.80. The van der Waals surface area contributed by atoms with Crippen LogP contribution in [0.25, 0.3) is 10.8 Å². The fourth-order valence-electron chi connectivity index (χ4n) is 4.56. The van der Waals surface area contributed by atoms with Gasteiger partial charge in [-0.15, -0.1) is 0 Å². The zero-order valence-corrected chi connectivity index (χ0v) is 19.6. The second kappa shape index (κ2) is 11.3. The van der Waals surface area contributed by atoms with E-state index in [1.807, 2.05) is 6.92 Å². The van der Waals surface area contributed by atoms with Crippen LogP contribution in [0.5, 0.6) is 5.75 Å². The van der Waals surface area contributed by atoms with Crippen molar-refractivity contribution < 1.29 is 22.7 Å². The predicted molar refractivity (Wildman–Crippen MR) is 132 cm³/mol. The van der Waals surface area contributed by atoms with Crippen molar-refractivity contribution in [2.45, 2.75) is 45.4 Å². The van der Waals surface area contributed by atoms with Crippen molar-refractivity contribution in [3.63, 3.8) is 0 Å². The van der Waals surface area contributed by atoms with Crippen LogP contribution < -0.4 is 4.74 Å². The third-order valence-electron chi connectivity index (χ3n) is 6.50. The number of halogens is 3. The molecule has 0 unspecified atom stereocenters. The average Bonchev–Trinajstić information content (AvgIpc) is 2.83. The maximum absolute atomic E-state index is 14.7. The number of fused-ring (bicyclic) bond motifs is 1. The summed E-state index contributed by atoms with van der Waals surface area (Å²) in [5.41, 5.74) is -0.593. The SMILES string of the molecule is C/C=C/CCC1CCC(C#Cc2cc(F)c(C(=O)Oc3ccc4c(F)cccc4c3)c(F)c2)CC1. The molecule has 0 heterocycles. The molecule has 3 aromatic rings. The molecule has 180 valence electrons. The first kappa shape index (κ1) is 24.6. The van der Waals surface area contributed by atoms with Crippen molar-refractivity contribution in [2.24, 2.45) is 11.8 Å². The molecule has 2 nitrogen and oxygen atoms in total. The molecule has 0 radical (unpaired) electrons. The zero-order chi connectivity index (χ0) is 24.8. The molecular weight excluding hydrogens is 449 g/mol. The predicted octanol–water partition coefficient (Wildman–Crippen LogP) is 7.99. The van der Waals surface area contributed by atoms with E-state index in [1.165, 1.54) is 36.8 Å². The summed E-state index contributed by atoms with van der Waals surface area (Å²) in [7, 11) is 0. The lowest BCUT2D eigenvalue weighted by Gasteiger charge is -2.25. The Kier molecular flexibility index (Phi) is 7.92. The molecule has 0 amide bonds. The second-order valence-corrected chi connectivity index (χ2v) is 8.96. The molecule has 1 aliphatic rings. The van der Waals surface area contributed by atoms with Crippen molar-refractivity contribution in [3.8, 4) is 17.6 Å². The highest BCUT2D eigenvalue weighted by Crippen LogP contribution is 2.31. The Morgan fingerprint density at radius 2 is 1.74 bits per heavy atom. The van der Waals surface area contributed by atoms with E-state index in [9.17, 15) is 18.0 Å². The maximum atomic E-state index is 14.7. The normalized spacial score (nSPS) is 17.8. The number of allylic oxidation sites excluding steroid dienone is 2. The molecule has 4 rings (SSSR count). The summed E-state index contributed by atoms with van der Waals surface area (Å²) in [6.45, 7) is 2.03. The van der Waals surface area contributed by atoms with Gasteiger partial charge in [0.25, 0.3) is 0 Å². The van der Waals surface area contributed by atoms with Crippen molar-refractivity contribution in [3.05, 3.63) is 89.3 Å². The Balaban J connectivity index is 1.42. The van der Waals surface area contributed by atoms with Gasteiger partial charge in [-0.2, -0.15) is 0 Å². The van der Waals surface area contributed by atoms with E-state index in [-0.39, 0.29) is 17.2 Å². The Bertz CT molecular complexity index is 1290. The molecule has 3 aromatic carbocycles. The van der Waals surface area contributed by atoms with Gasteiger partial charge in [0.15, 0.2) is 0 Å². The number of carbonyl (C=O) groups excluding carboxylic acids is 1. The molecule has 1 aliphatic carbocycles. The Morgan fingerprint density at radius 1 is 1.00 bits per heavy atom. The number of esters is 1. The first-order chi connectivity index (χ1) is 16.9. The van der Waals surface area contributed by atoms with Gasteiger partial charge < -0.3 is 4.74 Å². The lowest BCUT2D eigenvalue weighted by molar-refractivity contribution is 0.0725. The minimum absolute atomic E-state index is 0.0667. The van der Waals surface area contributed by atoms with E-state index in [0.717, 1.165) is 44.2 Å². The number of hydrogen-bond donors (Lipinski definition) is 0. The molecule has 0 bridgehead atoms. The van der Waals surface area contributed by atoms with E-state index in [1.54, 1.807) is 6.07 Å². The smallest absolute Gasteiger partial charge is 0.349 e. The summed E-state index contributed by atoms with van der Waals surface area (Å²) in [5.74, 6) is 3.38. The van der Waals surface area contributed by atoms with Crippen LogP contribution in [0.4, 0.5) is 13.2 Å². The van der Waals surface area contributed by atoms with Crippen molar-refractivity contribution in [2.75, 3.05) is 0 Å². The molecular formula is C30H27F3O2. The largest absolute Gasteiger partial charge is 0.423 e. The van der Waals surface area contributed by atoms with E-state index in [2.05, 4.69) is 24.0 Å². The van der Waals surface area contributed by atoms with Crippen molar-refractivity contribution in [1.82, 2.24) is 0 Å². The van der Waals surface area contributed by atoms with Gasteiger partial charge in [0.2, 0.25) is 0 Å². The van der Waals surface area contributed by atoms with Crippen molar-refractivity contribution in [1.29, 1.82) is 0 Å². The summed E-state index contributed by atoms with van der Waals surface area (Å²) in [5, 5.41) is 0.864. The molecule has 1 fully saturated rings. The first-order valence-electron chi connectivity index (χ1n) is 12.0. The molecule has 0 aromatic heterocycles. The summed E-state index contributed by atoms with van der Waals surface area (Å²) in [4.78, 5) is 12.5. The van der Waals surface area contributed by atoms with Crippen molar-refractivity contribution >= 4 is 16.7 Å². The summed E-state index contributed by atoms with van der Waals surface area (Å²) in [6, 6.07) is 10.9. The van der Waals surface area contributed by atoms with Crippen LogP contribution in [0.3, 0.4) is 0 Å². The topological polar surface area (TPSA) is 26.3 Å². The lowest BCUT2D eigenvalue weighted by Crippen LogP contribution is -2.14. The average molecular weight is 477 g/mol. The number of ether oxygens (including phenoxy) is 1. The number of rotatable bonds is 5. The molecule has 35 heavy (non-hydrogen) atoms. The van der Waals surface area contributed by atoms with Crippen LogP contribution in [0.15, 0.2) is 60.7 Å². The van der Waals surface area contributed by atoms with Gasteiger partial charge in [0.1, 0.15) is 28.8 Å². The van der Waals surface area contributed by atoms with Crippen LogP contribution in [-0.4, -0.2) is 5.97 Å². The van der Waals surface area contributed by atoms with Gasteiger partial charge in [0.05, 0.1) is 0 Å². The minimum atomic E-state index is -1.16. The van der Waals surface area contributed by atoms with E-state index >= 15 is 0 Å². The fraction of sp³-hybridized carbons (Fsp3) is 0.300. The number of carbonyl (C=O) groups is 1. The molecule has 0 saturated heterocycles. The van der Waals surface area contributed by atoms with Crippen LogP contribution in [0.2, 0.25) is 0 Å². The van der Waals surface area contributed by atoms with Gasteiger partial charge in [-0.05, 0) is 93.2 Å². The van der Waals surface area contributed by atoms with Gasteiger partial charge in [0, 0.05) is 16.9 Å². The van der Waals surface area contributed by atoms with Gasteiger partial charge >= 0.3 is 5.97 Å². The maximum Gasteiger partial charge on any atom is 0.349 e. The van der Waals surface area contributed by atoms with E-state index in [0.29, 0.717) is 16.7 Å². The highest BCUT2D eigenvalue weighted by molar-refractivity contribution is 5.93. The number of benzene rings is 3. The Hall–Kier alpha value is -3.52. The molecule has 0 atom stereocenters. The molecule has 0 aliphatic heterocycles. The summed E-state index contributed by atoms with van der Waals surface area (Å²) >= 11 is 0. The third kappa shape index (κ3) is 6.14. The number of hydrogen-bond acceptors (Lipinski definition) is 2. The van der Waals surface area contributed by atoms with E-state index < -0.39 is 29.0 Å². The van der Waals surface area contributed by atoms with Crippen LogP contribution in [0, 0.1) is 41.1 Å². The van der Waals surface area contributed by atoms with Gasteiger partial charge in [-0.1, -0.05) is 36.1 Å². The van der Waals surface area contributed by atoms with Gasteiger partial charge in [-0.3, -0.25) is 0 Å². The van der Waals surface area contributed by atoms with E-state index in [4.69, 9.17) is 4.74 Å². The monoisotopic (exact) mass is 476 g/mol. The van der Waals surface area contributed by atoms with Gasteiger partial charge in [-0.25, -0.2) is 18.0 Å². The summed E-state index contributed by atoms with van der Waals surface area (Å²) in [6.07, 6.45) is 10.8. The molecule has 0 spiro atoms. The quantitative estimate of drug-likeness (QED) is 0.161. The highest BCUT2D eigenvalue weighted by Gasteiger charge is 2.22. The standard InChI is InChI=1S/C30H27F3O2/c1-2-3-4-6-20-9-11-21(12-10-20)13-14-22-17-27(32)29(28(33)18-22)30(34)35-24-15-16-25-23(19-24)7-5-8-26(25)31/h2-3,5,7-8,15-21H,4,6,9-12H2,1H3/b3-2+. The zero-order valence-electron chi connectivity index (χ0n) is 19.6. The van der Waals surface area contributed by atoms with Crippen LogP contribution in [-0.2, 0) is 0 Å². The minimum Gasteiger partial charge on any atom is -0.423 e. The summed E-state index contributed by atoms with van der Waals surface area (Å²) < 4.78 is 48.3. The highest BCUT2D eigenvalue weighted by atomic mass is 19.1. The second-order valence-electron chi connectivity index (χ2n) is 8.96. The fourth-order valence-corrected chi connectivity index (χ4v) is 4.56. The molecule has 1 saturated carbocycles. The first-order valence-corrected chi connectivity index (χ1v) is 12.0. The van der Waals surface area contributed by atoms with Crippen LogP contribution in [0.1, 0.15) is 61.4 Å². The Labute approximate surface area is 203 Å².